The number of carbonyl (C=O) groups is 2. The number of nitrogens with zero attached hydrogens (tertiary/aromatic N) is 1. The van der Waals surface area contributed by atoms with E-state index in [2.05, 4.69) is 15.8 Å². The van der Waals surface area contributed by atoms with Gasteiger partial charge in [0.1, 0.15) is 11.5 Å². The highest BCUT2D eigenvalue weighted by Gasteiger charge is 2.15. The molecular weight excluding hydrogens is 358 g/mol. The molecule has 3 aromatic rings. The van der Waals surface area contributed by atoms with Crippen molar-refractivity contribution in [3.8, 4) is 11.5 Å². The number of nitrogens with one attached hydrogen (secondary N) is 2. The smallest absolute Gasteiger partial charge is 0.329 e. The molecular formula is C21H19N3O4. The molecule has 28 heavy (non-hydrogen) atoms. The molecule has 0 bridgehead atoms. The van der Waals surface area contributed by atoms with Crippen molar-refractivity contribution in [2.45, 2.75) is 0 Å². The molecule has 0 aromatic heterocycles. The lowest BCUT2D eigenvalue weighted by atomic mass is 10.1. The molecule has 0 aliphatic carbocycles. The minimum absolute atomic E-state index is 0.349. The number of methoxy groups -OCH3 is 2. The molecule has 3 rings (SSSR count). The average molecular weight is 377 g/mol. The van der Waals surface area contributed by atoms with Gasteiger partial charge in [0.15, 0.2) is 0 Å². The van der Waals surface area contributed by atoms with Gasteiger partial charge in [-0.15, -0.1) is 0 Å². The van der Waals surface area contributed by atoms with Gasteiger partial charge in [0.2, 0.25) is 0 Å². The van der Waals surface area contributed by atoms with Crippen LogP contribution in [-0.4, -0.2) is 32.2 Å². The maximum Gasteiger partial charge on any atom is 0.329 e. The van der Waals surface area contributed by atoms with Crippen LogP contribution in [0, 0.1) is 0 Å². The van der Waals surface area contributed by atoms with Crippen LogP contribution in [0.2, 0.25) is 0 Å². The topological polar surface area (TPSA) is 89.0 Å². The molecule has 3 aromatic carbocycles. The van der Waals surface area contributed by atoms with E-state index in [0.717, 1.165) is 16.3 Å². The molecule has 0 radical (unpaired) electrons. The number of fused-ring (bicyclic) bond motifs is 1. The first-order valence-corrected chi connectivity index (χ1v) is 8.46. The standard InChI is InChI=1S/C21H19N3O4/c1-27-16-10-11-18(19(12-16)28-2)23-20(25)21(26)24-22-13-15-8-5-7-14-6-3-4-9-17(14)15/h3-13H,1-2H3,(H,23,25)(H,24,26)/b22-13-. The third-order valence-corrected chi connectivity index (χ3v) is 4.06. The summed E-state index contributed by atoms with van der Waals surface area (Å²) in [5.74, 6) is -0.813. The normalized spacial score (nSPS) is 10.6. The Bertz CT molecular complexity index is 1040. The molecule has 0 aliphatic rings. The SMILES string of the molecule is COc1ccc(NC(=O)C(=O)N/N=C\c2cccc3ccccc23)c(OC)c1. The molecule has 7 heteroatoms. The summed E-state index contributed by atoms with van der Waals surface area (Å²) in [6.07, 6.45) is 1.50. The van der Waals surface area contributed by atoms with Crippen molar-refractivity contribution in [1.29, 1.82) is 0 Å². The Morgan fingerprint density at radius 1 is 0.929 bits per heavy atom. The van der Waals surface area contributed by atoms with Gasteiger partial charge in [0, 0.05) is 11.6 Å². The summed E-state index contributed by atoms with van der Waals surface area (Å²) in [6, 6.07) is 18.4. The van der Waals surface area contributed by atoms with Crippen LogP contribution in [0.3, 0.4) is 0 Å². The van der Waals surface area contributed by atoms with E-state index in [0.29, 0.717) is 17.2 Å². The van der Waals surface area contributed by atoms with Crippen LogP contribution in [0.25, 0.3) is 10.8 Å². The molecule has 7 nitrogen and oxygen atoms in total. The van der Waals surface area contributed by atoms with Crippen LogP contribution in [0.5, 0.6) is 11.5 Å². The van der Waals surface area contributed by atoms with Gasteiger partial charge in [0.05, 0.1) is 26.1 Å². The zero-order valence-electron chi connectivity index (χ0n) is 15.4. The van der Waals surface area contributed by atoms with Crippen LogP contribution in [-0.2, 0) is 9.59 Å². The minimum Gasteiger partial charge on any atom is -0.497 e. The minimum atomic E-state index is -0.894. The Kier molecular flexibility index (Phi) is 5.86. The predicted molar refractivity (Wildman–Crippen MR) is 108 cm³/mol. The molecule has 2 amide bonds. The molecule has 0 saturated heterocycles. The molecule has 0 spiro atoms. The Hall–Kier alpha value is -3.87. The number of hydrogen-bond acceptors (Lipinski definition) is 5. The first-order valence-electron chi connectivity index (χ1n) is 8.46. The van der Waals surface area contributed by atoms with E-state index in [1.54, 1.807) is 18.2 Å². The van der Waals surface area contributed by atoms with E-state index in [1.807, 2.05) is 42.5 Å². The fourth-order valence-corrected chi connectivity index (χ4v) is 2.66. The maximum atomic E-state index is 12.1. The van der Waals surface area contributed by atoms with Crippen molar-refractivity contribution >= 4 is 34.5 Å². The summed E-state index contributed by atoms with van der Waals surface area (Å²) < 4.78 is 10.3. The van der Waals surface area contributed by atoms with E-state index in [1.165, 1.54) is 20.4 Å². The molecule has 0 atom stereocenters. The summed E-state index contributed by atoms with van der Waals surface area (Å²) in [7, 11) is 2.98. The Morgan fingerprint density at radius 3 is 2.50 bits per heavy atom. The van der Waals surface area contributed by atoms with E-state index in [-0.39, 0.29) is 0 Å². The number of carbonyl (C=O) groups excluding carboxylic acids is 2. The van der Waals surface area contributed by atoms with Crippen LogP contribution in [0.15, 0.2) is 65.8 Å². The molecule has 2 N–H and O–H groups in total. The molecule has 0 saturated carbocycles. The fraction of sp³-hybridized carbons (Fsp3) is 0.0952. The third kappa shape index (κ3) is 4.27. The maximum absolute atomic E-state index is 12.1. The Balaban J connectivity index is 1.66. The zero-order valence-corrected chi connectivity index (χ0v) is 15.4. The van der Waals surface area contributed by atoms with Gasteiger partial charge in [-0.2, -0.15) is 5.10 Å². The predicted octanol–water partition coefficient (Wildman–Crippen LogP) is 2.95. The Morgan fingerprint density at radius 2 is 1.71 bits per heavy atom. The number of benzene rings is 3. The molecule has 142 valence electrons. The largest absolute Gasteiger partial charge is 0.497 e. The van der Waals surface area contributed by atoms with Crippen LogP contribution >= 0.6 is 0 Å². The lowest BCUT2D eigenvalue weighted by Crippen LogP contribution is -2.32. The highest BCUT2D eigenvalue weighted by molar-refractivity contribution is 6.39. The summed E-state index contributed by atoms with van der Waals surface area (Å²) in [5.41, 5.74) is 3.41. The molecule has 0 heterocycles. The number of amides is 2. The summed E-state index contributed by atoms with van der Waals surface area (Å²) in [5, 5.41) is 8.43. The highest BCUT2D eigenvalue weighted by Crippen LogP contribution is 2.28. The van der Waals surface area contributed by atoms with Crippen molar-refractivity contribution in [3.05, 3.63) is 66.2 Å². The zero-order chi connectivity index (χ0) is 19.9. The fourth-order valence-electron chi connectivity index (χ4n) is 2.66. The van der Waals surface area contributed by atoms with Crippen LogP contribution < -0.4 is 20.2 Å². The van der Waals surface area contributed by atoms with Crippen molar-refractivity contribution < 1.29 is 19.1 Å². The van der Waals surface area contributed by atoms with Gasteiger partial charge >= 0.3 is 11.8 Å². The number of hydrazone groups is 1. The van der Waals surface area contributed by atoms with Gasteiger partial charge in [0.25, 0.3) is 0 Å². The monoisotopic (exact) mass is 377 g/mol. The van der Waals surface area contributed by atoms with Crippen molar-refractivity contribution in [2.24, 2.45) is 5.10 Å². The number of hydrogen-bond donors (Lipinski definition) is 2. The molecule has 0 fully saturated rings. The first-order chi connectivity index (χ1) is 13.6. The number of rotatable bonds is 5. The summed E-state index contributed by atoms with van der Waals surface area (Å²) in [4.78, 5) is 24.1. The van der Waals surface area contributed by atoms with Crippen LogP contribution in [0.4, 0.5) is 5.69 Å². The van der Waals surface area contributed by atoms with Gasteiger partial charge in [-0.1, -0.05) is 42.5 Å². The second kappa shape index (κ2) is 8.68. The average Bonchev–Trinajstić information content (AvgIpc) is 2.74. The number of anilines is 1. The lowest BCUT2D eigenvalue weighted by Gasteiger charge is -2.10. The van der Waals surface area contributed by atoms with Gasteiger partial charge < -0.3 is 14.8 Å². The van der Waals surface area contributed by atoms with Gasteiger partial charge in [-0.25, -0.2) is 5.43 Å². The van der Waals surface area contributed by atoms with Crippen LogP contribution in [0.1, 0.15) is 5.56 Å². The van der Waals surface area contributed by atoms with Crippen molar-refractivity contribution in [3.63, 3.8) is 0 Å². The van der Waals surface area contributed by atoms with Gasteiger partial charge in [-0.3, -0.25) is 9.59 Å². The van der Waals surface area contributed by atoms with E-state index in [4.69, 9.17) is 9.47 Å². The second-order valence-electron chi connectivity index (χ2n) is 5.79. The van der Waals surface area contributed by atoms with Crippen molar-refractivity contribution in [1.82, 2.24) is 5.43 Å². The second-order valence-corrected chi connectivity index (χ2v) is 5.79. The third-order valence-electron chi connectivity index (χ3n) is 4.06. The van der Waals surface area contributed by atoms with Crippen molar-refractivity contribution in [2.75, 3.05) is 19.5 Å². The highest BCUT2D eigenvalue weighted by atomic mass is 16.5. The number of ether oxygens (including phenoxy) is 2. The lowest BCUT2D eigenvalue weighted by molar-refractivity contribution is -0.136. The molecule has 0 unspecified atom stereocenters. The van der Waals surface area contributed by atoms with E-state index >= 15 is 0 Å². The summed E-state index contributed by atoms with van der Waals surface area (Å²) in [6.45, 7) is 0. The van der Waals surface area contributed by atoms with E-state index < -0.39 is 11.8 Å². The molecule has 0 aliphatic heterocycles. The quantitative estimate of drug-likeness (QED) is 0.406. The first kappa shape index (κ1) is 18.9. The Labute approximate surface area is 162 Å². The summed E-state index contributed by atoms with van der Waals surface area (Å²) >= 11 is 0. The van der Waals surface area contributed by atoms with Gasteiger partial charge in [-0.05, 0) is 22.9 Å². The van der Waals surface area contributed by atoms with E-state index in [9.17, 15) is 9.59 Å².